The maximum absolute atomic E-state index is 13.1. The number of hydrogen-bond acceptors (Lipinski definition) is 6. The van der Waals surface area contributed by atoms with Gasteiger partial charge in [0, 0.05) is 17.8 Å². The van der Waals surface area contributed by atoms with Crippen molar-refractivity contribution in [1.29, 1.82) is 0 Å². The van der Waals surface area contributed by atoms with Gasteiger partial charge in [0.2, 0.25) is 0 Å². The molecule has 0 unspecified atom stereocenters. The molecule has 0 aromatic heterocycles. The van der Waals surface area contributed by atoms with Gasteiger partial charge in [0.15, 0.2) is 11.5 Å². The van der Waals surface area contributed by atoms with E-state index in [0.29, 0.717) is 47.3 Å². The molecule has 0 atom stereocenters. The number of carbonyl (C=O) groups excluding carboxylic acids is 2. The lowest BCUT2D eigenvalue weighted by molar-refractivity contribution is -0.138. The fourth-order valence-electron chi connectivity index (χ4n) is 3.42. The topological polar surface area (TPSA) is 77.1 Å². The van der Waals surface area contributed by atoms with Crippen LogP contribution in [0.15, 0.2) is 48.2 Å². The third kappa shape index (κ3) is 3.40. The molecule has 150 valence electrons. The summed E-state index contributed by atoms with van der Waals surface area (Å²) in [7, 11) is 1.58. The summed E-state index contributed by atoms with van der Waals surface area (Å²) in [6.07, 6.45) is 0. The van der Waals surface area contributed by atoms with Crippen LogP contribution < -0.4 is 19.5 Å². The van der Waals surface area contributed by atoms with Gasteiger partial charge in [0.05, 0.1) is 12.7 Å². The van der Waals surface area contributed by atoms with Crippen molar-refractivity contribution in [2.75, 3.05) is 25.6 Å². The molecule has 0 saturated carbocycles. The molecule has 0 radical (unpaired) electrons. The van der Waals surface area contributed by atoms with E-state index in [0.717, 1.165) is 0 Å². The van der Waals surface area contributed by atoms with Crippen molar-refractivity contribution in [3.05, 3.63) is 53.7 Å². The molecular weight excluding hydrogens is 372 g/mol. The maximum atomic E-state index is 13.1. The quantitative estimate of drug-likeness (QED) is 0.786. The molecule has 2 amide bonds. The number of hydrogen-bond donors (Lipinski definition) is 1. The van der Waals surface area contributed by atoms with Gasteiger partial charge < -0.3 is 19.5 Å². The minimum atomic E-state index is -0.356. The molecule has 0 fully saturated rings. The number of imide groups is 1. The zero-order valence-electron chi connectivity index (χ0n) is 16.5. The number of nitrogens with zero attached hydrogens (tertiary/aromatic N) is 1. The second-order valence-corrected chi connectivity index (χ2v) is 7.04. The Kier molecular flexibility index (Phi) is 4.88. The Labute approximate surface area is 168 Å². The van der Waals surface area contributed by atoms with Crippen LogP contribution in [0.25, 0.3) is 5.57 Å². The summed E-state index contributed by atoms with van der Waals surface area (Å²) >= 11 is 0. The summed E-state index contributed by atoms with van der Waals surface area (Å²) < 4.78 is 16.4. The van der Waals surface area contributed by atoms with Gasteiger partial charge in [-0.1, -0.05) is 12.1 Å². The minimum Gasteiger partial charge on any atom is -0.497 e. The normalized spacial score (nSPS) is 15.9. The Balaban J connectivity index is 1.75. The Hall–Kier alpha value is -3.48. The molecule has 2 aromatic carbocycles. The first-order valence-corrected chi connectivity index (χ1v) is 9.43. The Bertz CT molecular complexity index is 995. The predicted octanol–water partition coefficient (Wildman–Crippen LogP) is 3.07. The largest absolute Gasteiger partial charge is 0.497 e. The number of benzene rings is 2. The number of amides is 2. The fraction of sp³-hybridized carbons (Fsp3) is 0.273. The van der Waals surface area contributed by atoms with E-state index in [9.17, 15) is 9.59 Å². The van der Waals surface area contributed by atoms with Crippen LogP contribution >= 0.6 is 0 Å². The van der Waals surface area contributed by atoms with Crippen LogP contribution in [0, 0.1) is 0 Å². The lowest BCUT2D eigenvalue weighted by Gasteiger charge is -2.20. The van der Waals surface area contributed by atoms with E-state index >= 15 is 0 Å². The highest BCUT2D eigenvalue weighted by molar-refractivity contribution is 6.36. The van der Waals surface area contributed by atoms with Gasteiger partial charge in [0.25, 0.3) is 11.8 Å². The van der Waals surface area contributed by atoms with Gasteiger partial charge in [-0.3, -0.25) is 14.5 Å². The van der Waals surface area contributed by atoms with Gasteiger partial charge in [-0.05, 0) is 43.7 Å². The monoisotopic (exact) mass is 394 g/mol. The second kappa shape index (κ2) is 7.50. The third-order valence-electron chi connectivity index (χ3n) is 4.82. The summed E-state index contributed by atoms with van der Waals surface area (Å²) in [5.41, 5.74) is 1.86. The molecule has 0 saturated heterocycles. The SMILES string of the molecule is COc1ccc(C2=C(Nc3ccc4c(c3)OCCO4)C(=O)N(C(C)C)C2=O)cc1. The zero-order chi connectivity index (χ0) is 20.5. The van der Waals surface area contributed by atoms with Crippen molar-refractivity contribution in [1.82, 2.24) is 4.90 Å². The molecule has 1 N–H and O–H groups in total. The number of ether oxygens (including phenoxy) is 3. The number of fused-ring (bicyclic) bond motifs is 1. The number of carbonyl (C=O) groups is 2. The molecule has 0 spiro atoms. The number of nitrogens with one attached hydrogen (secondary N) is 1. The van der Waals surface area contributed by atoms with E-state index in [-0.39, 0.29) is 23.6 Å². The van der Waals surface area contributed by atoms with E-state index in [1.807, 2.05) is 13.8 Å². The molecule has 0 aliphatic carbocycles. The van der Waals surface area contributed by atoms with Crippen LogP contribution in [-0.2, 0) is 9.59 Å². The zero-order valence-corrected chi connectivity index (χ0v) is 16.5. The van der Waals surface area contributed by atoms with Crippen LogP contribution in [0.4, 0.5) is 5.69 Å². The molecule has 2 heterocycles. The summed E-state index contributed by atoms with van der Waals surface area (Å²) in [5.74, 6) is 1.25. The molecule has 2 aliphatic heterocycles. The van der Waals surface area contributed by atoms with Gasteiger partial charge in [-0.15, -0.1) is 0 Å². The Morgan fingerprint density at radius 2 is 1.66 bits per heavy atom. The van der Waals surface area contributed by atoms with Crippen molar-refractivity contribution < 1.29 is 23.8 Å². The lowest BCUT2D eigenvalue weighted by atomic mass is 10.0. The molecule has 29 heavy (non-hydrogen) atoms. The van der Waals surface area contributed by atoms with Crippen molar-refractivity contribution >= 4 is 23.1 Å². The first-order valence-electron chi connectivity index (χ1n) is 9.43. The first-order chi connectivity index (χ1) is 14.0. The van der Waals surface area contributed by atoms with E-state index in [1.54, 1.807) is 49.6 Å². The van der Waals surface area contributed by atoms with Gasteiger partial charge >= 0.3 is 0 Å². The van der Waals surface area contributed by atoms with Gasteiger partial charge in [-0.2, -0.15) is 0 Å². The summed E-state index contributed by atoms with van der Waals surface area (Å²) in [4.78, 5) is 27.4. The molecule has 7 heteroatoms. The van der Waals surface area contributed by atoms with Crippen LogP contribution in [-0.4, -0.2) is 43.1 Å². The highest BCUT2D eigenvalue weighted by Gasteiger charge is 2.40. The third-order valence-corrected chi connectivity index (χ3v) is 4.82. The van der Waals surface area contributed by atoms with Crippen molar-refractivity contribution in [2.24, 2.45) is 0 Å². The molecule has 4 rings (SSSR count). The maximum Gasteiger partial charge on any atom is 0.278 e. The lowest BCUT2D eigenvalue weighted by Crippen LogP contribution is -2.38. The average molecular weight is 394 g/mol. The van der Waals surface area contributed by atoms with Gasteiger partial charge in [0.1, 0.15) is 24.7 Å². The van der Waals surface area contributed by atoms with Crippen molar-refractivity contribution in [3.63, 3.8) is 0 Å². The molecule has 2 aromatic rings. The smallest absolute Gasteiger partial charge is 0.278 e. The first kappa shape index (κ1) is 18.9. The molecular formula is C22H22N2O5. The second-order valence-electron chi connectivity index (χ2n) is 7.04. The molecule has 2 aliphatic rings. The van der Waals surface area contributed by atoms with Gasteiger partial charge in [-0.25, -0.2) is 0 Å². The number of rotatable bonds is 5. The number of methoxy groups -OCH3 is 1. The van der Waals surface area contributed by atoms with Crippen molar-refractivity contribution in [2.45, 2.75) is 19.9 Å². The summed E-state index contributed by atoms with van der Waals surface area (Å²) in [6.45, 7) is 4.60. The van der Waals surface area contributed by atoms with Crippen molar-refractivity contribution in [3.8, 4) is 17.2 Å². The average Bonchev–Trinajstić information content (AvgIpc) is 2.97. The highest BCUT2D eigenvalue weighted by atomic mass is 16.6. The number of anilines is 1. The van der Waals surface area contributed by atoms with E-state index in [2.05, 4.69) is 5.32 Å². The standard InChI is InChI=1S/C22H22N2O5/c1-13(2)24-21(25)19(14-4-7-16(27-3)8-5-14)20(22(24)26)23-15-6-9-17-18(12-15)29-11-10-28-17/h4-9,12-13,23H,10-11H2,1-3H3. The van der Waals surface area contributed by atoms with Crippen LogP contribution in [0.2, 0.25) is 0 Å². The van der Waals surface area contributed by atoms with Crippen LogP contribution in [0.3, 0.4) is 0 Å². The summed E-state index contributed by atoms with van der Waals surface area (Å²) in [6, 6.07) is 12.2. The molecule has 0 bridgehead atoms. The Morgan fingerprint density at radius 1 is 0.966 bits per heavy atom. The summed E-state index contributed by atoms with van der Waals surface area (Å²) in [5, 5.41) is 3.13. The van der Waals surface area contributed by atoms with E-state index in [1.165, 1.54) is 4.90 Å². The minimum absolute atomic E-state index is 0.241. The highest BCUT2D eigenvalue weighted by Crippen LogP contribution is 2.36. The van der Waals surface area contributed by atoms with E-state index in [4.69, 9.17) is 14.2 Å². The van der Waals surface area contributed by atoms with E-state index < -0.39 is 0 Å². The van der Waals surface area contributed by atoms with Crippen LogP contribution in [0.1, 0.15) is 19.4 Å². The fourth-order valence-corrected chi connectivity index (χ4v) is 3.42. The van der Waals surface area contributed by atoms with Crippen LogP contribution in [0.5, 0.6) is 17.2 Å². The predicted molar refractivity (Wildman–Crippen MR) is 108 cm³/mol. The Morgan fingerprint density at radius 3 is 2.31 bits per heavy atom. The molecule has 7 nitrogen and oxygen atoms in total.